The molecule has 0 saturated carbocycles. The van der Waals surface area contributed by atoms with Crippen molar-refractivity contribution >= 4 is 17.5 Å². The maximum absolute atomic E-state index is 12.2. The van der Waals surface area contributed by atoms with E-state index < -0.39 is 0 Å². The maximum Gasteiger partial charge on any atom is 0.232 e. The van der Waals surface area contributed by atoms with Gasteiger partial charge in [0.25, 0.3) is 0 Å². The van der Waals surface area contributed by atoms with E-state index in [9.17, 15) is 9.59 Å². The molecule has 1 aliphatic heterocycles. The third-order valence-corrected chi connectivity index (χ3v) is 3.94. The minimum Gasteiger partial charge on any atom is -0.383 e. The molecular formula is C17H25N3O3. The number of anilines is 1. The Kier molecular flexibility index (Phi) is 6.40. The predicted molar refractivity (Wildman–Crippen MR) is 89.5 cm³/mol. The van der Waals surface area contributed by atoms with Crippen molar-refractivity contribution < 1.29 is 14.3 Å². The van der Waals surface area contributed by atoms with Crippen LogP contribution in [0.25, 0.3) is 0 Å². The summed E-state index contributed by atoms with van der Waals surface area (Å²) >= 11 is 0. The van der Waals surface area contributed by atoms with E-state index in [4.69, 9.17) is 4.74 Å². The number of carbonyl (C=O) groups excluding carboxylic acids is 2. The molecule has 1 aliphatic rings. The minimum absolute atomic E-state index is 0.0891. The van der Waals surface area contributed by atoms with Crippen molar-refractivity contribution in [1.29, 1.82) is 0 Å². The van der Waals surface area contributed by atoms with E-state index in [2.05, 4.69) is 35.3 Å². The Morgan fingerprint density at radius 1 is 1.22 bits per heavy atom. The highest BCUT2D eigenvalue weighted by Gasteiger charge is 2.22. The Balaban J connectivity index is 1.77. The van der Waals surface area contributed by atoms with Gasteiger partial charge in [-0.3, -0.25) is 9.59 Å². The molecule has 1 fully saturated rings. The van der Waals surface area contributed by atoms with Gasteiger partial charge in [-0.15, -0.1) is 0 Å². The van der Waals surface area contributed by atoms with Gasteiger partial charge >= 0.3 is 0 Å². The fourth-order valence-corrected chi connectivity index (χ4v) is 2.64. The Morgan fingerprint density at radius 3 is 2.61 bits per heavy atom. The molecule has 0 spiro atoms. The van der Waals surface area contributed by atoms with Gasteiger partial charge in [-0.2, -0.15) is 0 Å². The normalized spacial score (nSPS) is 14.7. The molecule has 2 amide bonds. The lowest BCUT2D eigenvalue weighted by Gasteiger charge is -2.36. The number of rotatable bonds is 6. The van der Waals surface area contributed by atoms with Crippen LogP contribution in [-0.4, -0.2) is 63.2 Å². The fourth-order valence-electron chi connectivity index (χ4n) is 2.64. The van der Waals surface area contributed by atoms with E-state index in [0.29, 0.717) is 26.2 Å². The van der Waals surface area contributed by atoms with Gasteiger partial charge in [0.1, 0.15) is 6.42 Å². The highest BCUT2D eigenvalue weighted by molar-refractivity contribution is 5.96. The second-order valence-electron chi connectivity index (χ2n) is 5.73. The Morgan fingerprint density at radius 2 is 1.96 bits per heavy atom. The van der Waals surface area contributed by atoms with E-state index in [-0.39, 0.29) is 18.2 Å². The van der Waals surface area contributed by atoms with Gasteiger partial charge in [-0.25, -0.2) is 0 Å². The maximum atomic E-state index is 12.2. The van der Waals surface area contributed by atoms with E-state index in [1.807, 2.05) is 6.07 Å². The first-order valence-electron chi connectivity index (χ1n) is 7.95. The summed E-state index contributed by atoms with van der Waals surface area (Å²) in [7, 11) is 1.57. The quantitative estimate of drug-likeness (QED) is 0.622. The lowest BCUT2D eigenvalue weighted by Crippen LogP contribution is -2.49. The molecule has 1 saturated heterocycles. The van der Waals surface area contributed by atoms with E-state index in [1.165, 1.54) is 11.3 Å². The van der Waals surface area contributed by atoms with Crippen LogP contribution in [0.15, 0.2) is 24.3 Å². The van der Waals surface area contributed by atoms with Crippen molar-refractivity contribution in [3.63, 3.8) is 0 Å². The monoisotopic (exact) mass is 319 g/mol. The number of nitrogens with one attached hydrogen (secondary N) is 1. The average Bonchev–Trinajstić information content (AvgIpc) is 2.55. The third-order valence-electron chi connectivity index (χ3n) is 3.94. The SMILES string of the molecule is COCCNC(=O)CC(=O)N1CCN(c2cccc(C)c2)CC1. The number of ether oxygens (including phenoxy) is 1. The van der Waals surface area contributed by atoms with Crippen molar-refractivity contribution in [2.24, 2.45) is 0 Å². The van der Waals surface area contributed by atoms with E-state index >= 15 is 0 Å². The van der Waals surface area contributed by atoms with Crippen LogP contribution in [-0.2, 0) is 14.3 Å². The predicted octanol–water partition coefficient (Wildman–Crippen LogP) is 0.796. The lowest BCUT2D eigenvalue weighted by atomic mass is 10.2. The Bertz CT molecular complexity index is 540. The molecule has 6 nitrogen and oxygen atoms in total. The van der Waals surface area contributed by atoms with Crippen LogP contribution in [0.2, 0.25) is 0 Å². The largest absolute Gasteiger partial charge is 0.383 e. The van der Waals surface area contributed by atoms with Gasteiger partial charge in [0.2, 0.25) is 11.8 Å². The van der Waals surface area contributed by atoms with Crippen molar-refractivity contribution in [3.05, 3.63) is 29.8 Å². The first-order chi connectivity index (χ1) is 11.1. The van der Waals surface area contributed by atoms with Crippen molar-refractivity contribution in [2.45, 2.75) is 13.3 Å². The topological polar surface area (TPSA) is 61.9 Å². The summed E-state index contributed by atoms with van der Waals surface area (Å²) in [5.41, 5.74) is 2.42. The van der Waals surface area contributed by atoms with Gasteiger partial charge in [0.05, 0.1) is 6.61 Å². The Hall–Kier alpha value is -2.08. The first kappa shape index (κ1) is 17.3. The number of carbonyl (C=O) groups is 2. The van der Waals surface area contributed by atoms with Gasteiger partial charge in [-0.1, -0.05) is 12.1 Å². The number of hydrogen-bond donors (Lipinski definition) is 1. The van der Waals surface area contributed by atoms with Gasteiger partial charge < -0.3 is 19.9 Å². The van der Waals surface area contributed by atoms with Crippen LogP contribution in [0.1, 0.15) is 12.0 Å². The van der Waals surface area contributed by atoms with Crippen LogP contribution < -0.4 is 10.2 Å². The zero-order valence-corrected chi connectivity index (χ0v) is 13.9. The molecule has 0 atom stereocenters. The standard InChI is InChI=1S/C17H25N3O3/c1-14-4-3-5-15(12-14)19-7-9-20(10-8-19)17(22)13-16(21)18-6-11-23-2/h3-5,12H,6-11,13H2,1-2H3,(H,18,21). The molecule has 1 aromatic carbocycles. The van der Waals surface area contributed by atoms with E-state index in [0.717, 1.165) is 13.1 Å². The smallest absolute Gasteiger partial charge is 0.232 e. The van der Waals surface area contributed by atoms with Crippen molar-refractivity contribution in [2.75, 3.05) is 51.3 Å². The second-order valence-corrected chi connectivity index (χ2v) is 5.73. The lowest BCUT2D eigenvalue weighted by molar-refractivity contribution is -0.136. The summed E-state index contributed by atoms with van der Waals surface area (Å²) in [6, 6.07) is 8.37. The third kappa shape index (κ3) is 5.25. The van der Waals surface area contributed by atoms with Crippen molar-refractivity contribution in [3.8, 4) is 0 Å². The van der Waals surface area contributed by atoms with Crippen LogP contribution >= 0.6 is 0 Å². The summed E-state index contributed by atoms with van der Waals surface area (Å²) < 4.78 is 4.86. The number of benzene rings is 1. The average molecular weight is 319 g/mol. The van der Waals surface area contributed by atoms with Gasteiger partial charge in [0.15, 0.2) is 0 Å². The van der Waals surface area contributed by atoms with Crippen LogP contribution in [0.5, 0.6) is 0 Å². The summed E-state index contributed by atoms with van der Waals surface area (Å²) in [6.07, 6.45) is -0.0891. The van der Waals surface area contributed by atoms with Crippen molar-refractivity contribution in [1.82, 2.24) is 10.2 Å². The number of amides is 2. The summed E-state index contributed by atoms with van der Waals surface area (Å²) in [5, 5.41) is 2.67. The van der Waals surface area contributed by atoms with Gasteiger partial charge in [0, 0.05) is 45.5 Å². The highest BCUT2D eigenvalue weighted by Crippen LogP contribution is 2.18. The van der Waals surface area contributed by atoms with Crippen LogP contribution in [0.4, 0.5) is 5.69 Å². The summed E-state index contributed by atoms with van der Waals surface area (Å²) in [6.45, 7) is 5.85. The number of nitrogens with zero attached hydrogens (tertiary/aromatic N) is 2. The van der Waals surface area contributed by atoms with Crippen LogP contribution in [0.3, 0.4) is 0 Å². The fraction of sp³-hybridized carbons (Fsp3) is 0.529. The van der Waals surface area contributed by atoms with E-state index in [1.54, 1.807) is 12.0 Å². The number of methoxy groups -OCH3 is 1. The summed E-state index contributed by atoms with van der Waals surface area (Å²) in [5.74, 6) is -0.350. The van der Waals surface area contributed by atoms with Crippen LogP contribution in [0, 0.1) is 6.92 Å². The number of piperazine rings is 1. The molecule has 2 rings (SSSR count). The molecule has 0 bridgehead atoms. The molecular weight excluding hydrogens is 294 g/mol. The molecule has 1 heterocycles. The zero-order valence-electron chi connectivity index (χ0n) is 13.9. The molecule has 1 N–H and O–H groups in total. The number of aryl methyl sites for hydroxylation is 1. The molecule has 0 unspecified atom stereocenters. The summed E-state index contributed by atoms with van der Waals surface area (Å²) in [4.78, 5) is 27.9. The zero-order chi connectivity index (χ0) is 16.7. The molecule has 0 aliphatic carbocycles. The molecule has 0 aromatic heterocycles. The minimum atomic E-state index is -0.242. The molecule has 23 heavy (non-hydrogen) atoms. The molecule has 0 radical (unpaired) electrons. The molecule has 6 heteroatoms. The second kappa shape index (κ2) is 8.53. The Labute approximate surface area is 137 Å². The molecule has 126 valence electrons. The molecule has 1 aromatic rings. The highest BCUT2D eigenvalue weighted by atomic mass is 16.5. The van der Waals surface area contributed by atoms with Gasteiger partial charge in [-0.05, 0) is 24.6 Å². The first-order valence-corrected chi connectivity index (χ1v) is 7.95. The number of hydrogen-bond acceptors (Lipinski definition) is 4.